The first-order chi connectivity index (χ1) is 14.1. The van der Waals surface area contributed by atoms with E-state index >= 15 is 0 Å². The van der Waals surface area contributed by atoms with Crippen LogP contribution in [0.2, 0.25) is 0 Å². The number of benzene rings is 1. The van der Waals surface area contributed by atoms with Crippen molar-refractivity contribution in [3.63, 3.8) is 0 Å². The third kappa shape index (κ3) is 4.63. The maximum atomic E-state index is 12.9. The van der Waals surface area contributed by atoms with Gasteiger partial charge in [0.1, 0.15) is 11.6 Å². The van der Waals surface area contributed by atoms with Crippen molar-refractivity contribution in [2.24, 2.45) is 0 Å². The van der Waals surface area contributed by atoms with Gasteiger partial charge in [0, 0.05) is 26.2 Å². The van der Waals surface area contributed by atoms with Gasteiger partial charge in [0.25, 0.3) is 5.91 Å². The monoisotopic (exact) mass is 416 g/mol. The minimum Gasteiger partial charge on any atom is -0.484 e. The van der Waals surface area contributed by atoms with E-state index in [1.807, 2.05) is 24.4 Å². The zero-order chi connectivity index (χ0) is 20.2. The number of carbonyl (C=O) groups excluding carboxylic acids is 1. The summed E-state index contributed by atoms with van der Waals surface area (Å²) in [5.74, 6) is 1.24. The number of carbonyl (C=O) groups is 1. The third-order valence-electron chi connectivity index (χ3n) is 4.93. The molecule has 29 heavy (non-hydrogen) atoms. The highest BCUT2D eigenvalue weighted by Gasteiger charge is 2.28. The Kier molecular flexibility index (Phi) is 5.86. The van der Waals surface area contributed by atoms with Crippen LogP contribution in [0.3, 0.4) is 0 Å². The van der Waals surface area contributed by atoms with Crippen LogP contribution in [-0.4, -0.2) is 58.6 Å². The maximum Gasteiger partial charge on any atom is 0.260 e. The second-order valence-corrected chi connectivity index (χ2v) is 7.72. The van der Waals surface area contributed by atoms with Gasteiger partial charge < -0.3 is 14.2 Å². The number of ether oxygens (including phenoxy) is 1. The van der Waals surface area contributed by atoms with Crippen LogP contribution in [0.4, 0.5) is 4.39 Å². The molecule has 3 heterocycles. The van der Waals surface area contributed by atoms with Gasteiger partial charge in [0.05, 0.1) is 10.9 Å². The predicted octanol–water partition coefficient (Wildman–Crippen LogP) is 3.22. The molecule has 2 aromatic heterocycles. The topological polar surface area (TPSA) is 71.7 Å². The molecule has 0 spiro atoms. The molecule has 1 aliphatic heterocycles. The maximum absolute atomic E-state index is 12.9. The van der Waals surface area contributed by atoms with Gasteiger partial charge in [-0.05, 0) is 42.6 Å². The number of rotatable bonds is 6. The standard InChI is InChI=1S/C20H21FN4O3S/c1-14(20-22-19(23-28-20)17-3-2-12-29-17)24-8-10-25(11-9-24)18(26)13-27-16-6-4-15(21)5-7-16/h2-7,12,14H,8-11,13H2,1H3. The number of piperazine rings is 1. The molecule has 0 saturated carbocycles. The van der Waals surface area contributed by atoms with Crippen LogP contribution in [0, 0.1) is 5.82 Å². The number of thiophene rings is 1. The number of hydrogen-bond acceptors (Lipinski definition) is 7. The molecular formula is C20H21FN4O3S. The number of amides is 1. The van der Waals surface area contributed by atoms with Crippen LogP contribution in [0.25, 0.3) is 10.7 Å². The molecular weight excluding hydrogens is 395 g/mol. The molecule has 0 N–H and O–H groups in total. The van der Waals surface area contributed by atoms with Crippen molar-refractivity contribution in [1.29, 1.82) is 0 Å². The van der Waals surface area contributed by atoms with E-state index in [0.717, 1.165) is 4.88 Å². The minimum atomic E-state index is -0.335. The summed E-state index contributed by atoms with van der Waals surface area (Å²) in [6.45, 7) is 4.58. The quantitative estimate of drug-likeness (QED) is 0.614. The van der Waals surface area contributed by atoms with Crippen molar-refractivity contribution < 1.29 is 18.4 Å². The van der Waals surface area contributed by atoms with Gasteiger partial charge in [-0.1, -0.05) is 11.2 Å². The van der Waals surface area contributed by atoms with Gasteiger partial charge >= 0.3 is 0 Å². The summed E-state index contributed by atoms with van der Waals surface area (Å²) in [4.78, 5) is 21.9. The Hall–Kier alpha value is -2.78. The van der Waals surface area contributed by atoms with Gasteiger partial charge in [0.15, 0.2) is 6.61 Å². The molecule has 4 rings (SSSR count). The summed E-state index contributed by atoms with van der Waals surface area (Å²) in [7, 11) is 0. The first-order valence-corrected chi connectivity index (χ1v) is 10.3. The van der Waals surface area contributed by atoms with Gasteiger partial charge in [-0.3, -0.25) is 9.69 Å². The lowest BCUT2D eigenvalue weighted by molar-refractivity contribution is -0.135. The highest BCUT2D eigenvalue weighted by Crippen LogP contribution is 2.26. The van der Waals surface area contributed by atoms with Crippen LogP contribution in [-0.2, 0) is 4.79 Å². The Morgan fingerprint density at radius 1 is 1.24 bits per heavy atom. The minimum absolute atomic E-state index is 0.0241. The molecule has 7 nitrogen and oxygen atoms in total. The van der Waals surface area contributed by atoms with E-state index < -0.39 is 0 Å². The number of halogens is 1. The second kappa shape index (κ2) is 8.71. The predicted molar refractivity (Wildman–Crippen MR) is 106 cm³/mol. The van der Waals surface area contributed by atoms with E-state index in [9.17, 15) is 9.18 Å². The Bertz CT molecular complexity index is 937. The molecule has 1 atom stereocenters. The molecule has 152 valence electrons. The van der Waals surface area contributed by atoms with Crippen LogP contribution in [0.15, 0.2) is 46.3 Å². The molecule has 0 bridgehead atoms. The van der Waals surface area contributed by atoms with Crippen molar-refractivity contribution in [2.75, 3.05) is 32.8 Å². The summed E-state index contributed by atoms with van der Waals surface area (Å²) in [6.07, 6.45) is 0. The van der Waals surface area contributed by atoms with E-state index in [-0.39, 0.29) is 24.4 Å². The zero-order valence-corrected chi connectivity index (χ0v) is 16.8. The molecule has 1 aliphatic rings. The van der Waals surface area contributed by atoms with Crippen LogP contribution >= 0.6 is 11.3 Å². The second-order valence-electron chi connectivity index (χ2n) is 6.77. The van der Waals surface area contributed by atoms with Crippen LogP contribution in [0.5, 0.6) is 5.75 Å². The van der Waals surface area contributed by atoms with Crippen LogP contribution in [0.1, 0.15) is 18.9 Å². The van der Waals surface area contributed by atoms with E-state index in [1.165, 1.54) is 24.3 Å². The van der Waals surface area contributed by atoms with Gasteiger partial charge in [-0.25, -0.2) is 4.39 Å². The van der Waals surface area contributed by atoms with E-state index in [1.54, 1.807) is 16.2 Å². The molecule has 1 aromatic carbocycles. The first-order valence-electron chi connectivity index (χ1n) is 9.38. The fourth-order valence-electron chi connectivity index (χ4n) is 3.19. The zero-order valence-electron chi connectivity index (χ0n) is 16.0. The molecule has 0 radical (unpaired) electrons. The van der Waals surface area contributed by atoms with Gasteiger partial charge in [-0.2, -0.15) is 4.98 Å². The fraction of sp³-hybridized carbons (Fsp3) is 0.350. The summed E-state index contributed by atoms with van der Waals surface area (Å²) >= 11 is 1.57. The van der Waals surface area contributed by atoms with E-state index in [2.05, 4.69) is 15.0 Å². The third-order valence-corrected chi connectivity index (χ3v) is 5.80. The van der Waals surface area contributed by atoms with Crippen molar-refractivity contribution in [1.82, 2.24) is 19.9 Å². The van der Waals surface area contributed by atoms with Crippen molar-refractivity contribution >= 4 is 17.2 Å². The Morgan fingerprint density at radius 2 is 2.00 bits per heavy atom. The Labute approximate surface area is 171 Å². The van der Waals surface area contributed by atoms with Crippen LogP contribution < -0.4 is 4.74 Å². The molecule has 1 saturated heterocycles. The van der Waals surface area contributed by atoms with Crippen molar-refractivity contribution in [3.8, 4) is 16.5 Å². The van der Waals surface area contributed by atoms with Crippen molar-refractivity contribution in [3.05, 3.63) is 53.5 Å². The average molecular weight is 416 g/mol. The number of hydrogen-bond donors (Lipinski definition) is 0. The SMILES string of the molecule is CC(c1nc(-c2cccs2)no1)N1CCN(C(=O)COc2ccc(F)cc2)CC1. The van der Waals surface area contributed by atoms with E-state index in [4.69, 9.17) is 9.26 Å². The Morgan fingerprint density at radius 3 is 2.69 bits per heavy atom. The summed E-state index contributed by atoms with van der Waals surface area (Å²) in [5.41, 5.74) is 0. The molecule has 1 fully saturated rings. The number of nitrogens with zero attached hydrogens (tertiary/aromatic N) is 4. The highest BCUT2D eigenvalue weighted by atomic mass is 32.1. The molecule has 1 amide bonds. The van der Waals surface area contributed by atoms with Gasteiger partial charge in [-0.15, -0.1) is 11.3 Å². The molecule has 1 unspecified atom stereocenters. The summed E-state index contributed by atoms with van der Waals surface area (Å²) in [5, 5.41) is 6.05. The smallest absolute Gasteiger partial charge is 0.260 e. The largest absolute Gasteiger partial charge is 0.484 e. The summed E-state index contributed by atoms with van der Waals surface area (Å²) < 4.78 is 23.8. The average Bonchev–Trinajstić information content (AvgIpc) is 3.44. The molecule has 0 aliphatic carbocycles. The Balaban J connectivity index is 1.27. The number of aromatic nitrogens is 2. The molecule has 9 heteroatoms. The first kappa shape index (κ1) is 19.5. The highest BCUT2D eigenvalue weighted by molar-refractivity contribution is 7.13. The fourth-order valence-corrected chi connectivity index (χ4v) is 3.84. The lowest BCUT2D eigenvalue weighted by atomic mass is 10.2. The lowest BCUT2D eigenvalue weighted by Gasteiger charge is -2.36. The van der Waals surface area contributed by atoms with E-state index in [0.29, 0.717) is 43.6 Å². The lowest BCUT2D eigenvalue weighted by Crippen LogP contribution is -2.50. The normalized spacial score (nSPS) is 16.0. The van der Waals surface area contributed by atoms with Gasteiger partial charge in [0.2, 0.25) is 11.7 Å². The molecule has 3 aromatic rings. The van der Waals surface area contributed by atoms with Crippen molar-refractivity contribution in [2.45, 2.75) is 13.0 Å². The summed E-state index contributed by atoms with van der Waals surface area (Å²) in [6, 6.07) is 9.53.